The minimum Gasteiger partial charge on any atom is -0.326 e. The smallest absolute Gasteiger partial charge is 0.268 e. The van der Waals surface area contributed by atoms with Gasteiger partial charge in [0.15, 0.2) is 0 Å². The van der Waals surface area contributed by atoms with Crippen molar-refractivity contribution >= 4 is 20.9 Å². The molecule has 0 bridgehead atoms. The quantitative estimate of drug-likeness (QED) is 0.755. The van der Waals surface area contributed by atoms with Gasteiger partial charge >= 0.3 is 0 Å². The lowest BCUT2D eigenvalue weighted by Gasteiger charge is -2.18. The second kappa shape index (κ2) is 6.32. The first-order valence-electron chi connectivity index (χ1n) is 8.38. The predicted molar refractivity (Wildman–Crippen MR) is 102 cm³/mol. The Morgan fingerprint density at radius 1 is 1.04 bits per heavy atom. The molecule has 0 aliphatic rings. The molecule has 25 heavy (non-hydrogen) atoms. The molecular formula is C20H24N2O2S. The largest absolute Gasteiger partial charge is 0.326 e. The van der Waals surface area contributed by atoms with Gasteiger partial charge in [0.1, 0.15) is 0 Å². The van der Waals surface area contributed by atoms with Crippen LogP contribution in [0.2, 0.25) is 0 Å². The Morgan fingerprint density at radius 2 is 1.72 bits per heavy atom. The summed E-state index contributed by atoms with van der Waals surface area (Å²) >= 11 is 0. The van der Waals surface area contributed by atoms with Gasteiger partial charge in [-0.05, 0) is 63.4 Å². The summed E-state index contributed by atoms with van der Waals surface area (Å²) in [6, 6.07) is 14.7. The normalized spacial score (nSPS) is 12.6. The third-order valence-corrected chi connectivity index (χ3v) is 6.06. The molecule has 0 atom stereocenters. The van der Waals surface area contributed by atoms with Crippen LogP contribution in [0.4, 0.5) is 0 Å². The molecule has 2 aromatic carbocycles. The van der Waals surface area contributed by atoms with Crippen molar-refractivity contribution < 1.29 is 8.42 Å². The van der Waals surface area contributed by atoms with Crippen LogP contribution >= 0.6 is 0 Å². The standard InChI is InChI=1S/C20H24N2O2S/c1-15-4-8-18(9-5-15)25(23,24)22-13-11-17-7-6-16(14-19(17)22)10-12-20(2,3)21/h4-9,11,13-14H,10,12,21H2,1-3H3. The van der Waals surface area contributed by atoms with Gasteiger partial charge in [-0.1, -0.05) is 29.8 Å². The van der Waals surface area contributed by atoms with Crippen LogP contribution in [0.25, 0.3) is 10.9 Å². The number of rotatable bonds is 5. The maximum absolute atomic E-state index is 13.0. The maximum atomic E-state index is 13.0. The highest BCUT2D eigenvalue weighted by molar-refractivity contribution is 7.90. The van der Waals surface area contributed by atoms with Crippen molar-refractivity contribution in [2.75, 3.05) is 0 Å². The Morgan fingerprint density at radius 3 is 2.36 bits per heavy atom. The van der Waals surface area contributed by atoms with Gasteiger partial charge < -0.3 is 5.73 Å². The number of fused-ring (bicyclic) bond motifs is 1. The number of aryl methyl sites for hydroxylation is 2. The van der Waals surface area contributed by atoms with Gasteiger partial charge in [0.2, 0.25) is 0 Å². The van der Waals surface area contributed by atoms with Crippen molar-refractivity contribution in [3.63, 3.8) is 0 Å². The van der Waals surface area contributed by atoms with E-state index in [1.54, 1.807) is 18.3 Å². The van der Waals surface area contributed by atoms with Crippen molar-refractivity contribution in [1.29, 1.82) is 0 Å². The first-order chi connectivity index (χ1) is 11.7. The molecule has 1 aromatic heterocycles. The molecule has 0 aliphatic carbocycles. The zero-order valence-corrected chi connectivity index (χ0v) is 15.7. The zero-order valence-electron chi connectivity index (χ0n) is 14.9. The number of benzene rings is 2. The molecule has 0 radical (unpaired) electrons. The monoisotopic (exact) mass is 356 g/mol. The molecular weight excluding hydrogens is 332 g/mol. The summed E-state index contributed by atoms with van der Waals surface area (Å²) in [5, 5.41) is 0.909. The molecule has 0 unspecified atom stereocenters. The molecule has 0 amide bonds. The van der Waals surface area contributed by atoms with Crippen LogP contribution in [0.5, 0.6) is 0 Å². The van der Waals surface area contributed by atoms with Crippen molar-refractivity contribution in [2.45, 2.75) is 44.0 Å². The second-order valence-electron chi connectivity index (χ2n) is 7.31. The average molecular weight is 356 g/mol. The van der Waals surface area contributed by atoms with Gasteiger partial charge in [0, 0.05) is 17.1 Å². The summed E-state index contributed by atoms with van der Waals surface area (Å²) in [5.74, 6) is 0. The highest BCUT2D eigenvalue weighted by Crippen LogP contribution is 2.24. The topological polar surface area (TPSA) is 65.1 Å². The van der Waals surface area contributed by atoms with Gasteiger partial charge in [-0.2, -0.15) is 0 Å². The molecule has 0 saturated carbocycles. The fourth-order valence-corrected chi connectivity index (χ4v) is 4.15. The van der Waals surface area contributed by atoms with Gasteiger partial charge in [0.25, 0.3) is 10.0 Å². The van der Waals surface area contributed by atoms with Crippen LogP contribution < -0.4 is 5.73 Å². The lowest BCUT2D eigenvalue weighted by Crippen LogP contribution is -2.32. The van der Waals surface area contributed by atoms with Gasteiger partial charge in [0.05, 0.1) is 10.4 Å². The summed E-state index contributed by atoms with van der Waals surface area (Å²) in [4.78, 5) is 0.295. The molecule has 3 rings (SSSR count). The molecule has 3 aromatic rings. The minimum atomic E-state index is -3.61. The summed E-state index contributed by atoms with van der Waals surface area (Å²) in [5.41, 5.74) is 8.64. The summed E-state index contributed by atoms with van der Waals surface area (Å²) < 4.78 is 27.3. The number of nitrogens with zero attached hydrogens (tertiary/aromatic N) is 1. The highest BCUT2D eigenvalue weighted by Gasteiger charge is 2.19. The Bertz CT molecular complexity index is 994. The van der Waals surface area contributed by atoms with Crippen molar-refractivity contribution in [2.24, 2.45) is 5.73 Å². The Balaban J connectivity index is 2.03. The molecule has 132 valence electrons. The van der Waals surface area contributed by atoms with E-state index in [1.165, 1.54) is 3.97 Å². The first-order valence-corrected chi connectivity index (χ1v) is 9.82. The minimum absolute atomic E-state index is 0.245. The molecule has 4 nitrogen and oxygen atoms in total. The Kier molecular flexibility index (Phi) is 4.47. The molecule has 0 spiro atoms. The number of nitrogens with two attached hydrogens (primary N) is 1. The zero-order chi connectivity index (χ0) is 18.2. The highest BCUT2D eigenvalue weighted by atomic mass is 32.2. The van der Waals surface area contributed by atoms with Crippen LogP contribution in [0.15, 0.2) is 59.6 Å². The maximum Gasteiger partial charge on any atom is 0.268 e. The molecule has 1 heterocycles. The van der Waals surface area contributed by atoms with Crippen LogP contribution in [-0.2, 0) is 16.4 Å². The number of hydrogen-bond donors (Lipinski definition) is 1. The fraction of sp³-hybridized carbons (Fsp3) is 0.300. The van der Waals surface area contributed by atoms with Gasteiger partial charge in [-0.15, -0.1) is 0 Å². The molecule has 5 heteroatoms. The molecule has 0 aliphatic heterocycles. The Labute approximate surface area is 149 Å². The fourth-order valence-electron chi connectivity index (χ4n) is 2.80. The summed E-state index contributed by atoms with van der Waals surface area (Å²) in [6.45, 7) is 5.93. The lowest BCUT2D eigenvalue weighted by molar-refractivity contribution is 0.477. The predicted octanol–water partition coefficient (Wildman–Crippen LogP) is 3.86. The van der Waals surface area contributed by atoms with E-state index in [0.29, 0.717) is 10.4 Å². The van der Waals surface area contributed by atoms with E-state index >= 15 is 0 Å². The summed E-state index contributed by atoms with van der Waals surface area (Å²) in [6.07, 6.45) is 3.27. The van der Waals surface area contributed by atoms with E-state index in [9.17, 15) is 8.42 Å². The summed E-state index contributed by atoms with van der Waals surface area (Å²) in [7, 11) is -3.61. The van der Waals surface area contributed by atoms with Gasteiger partial charge in [-0.3, -0.25) is 0 Å². The second-order valence-corrected chi connectivity index (χ2v) is 9.13. The van der Waals surface area contributed by atoms with E-state index in [2.05, 4.69) is 0 Å². The number of hydrogen-bond acceptors (Lipinski definition) is 3. The van der Waals surface area contributed by atoms with E-state index in [1.807, 2.05) is 57.2 Å². The van der Waals surface area contributed by atoms with Gasteiger partial charge in [-0.25, -0.2) is 12.4 Å². The van der Waals surface area contributed by atoms with E-state index in [0.717, 1.165) is 29.4 Å². The van der Waals surface area contributed by atoms with E-state index < -0.39 is 10.0 Å². The SMILES string of the molecule is Cc1ccc(S(=O)(=O)n2ccc3ccc(CCC(C)(C)N)cc32)cc1. The van der Waals surface area contributed by atoms with Crippen LogP contribution in [0, 0.1) is 6.92 Å². The number of aromatic nitrogens is 1. The van der Waals surface area contributed by atoms with Crippen LogP contribution in [0.3, 0.4) is 0 Å². The third kappa shape index (κ3) is 3.78. The van der Waals surface area contributed by atoms with Crippen molar-refractivity contribution in [3.8, 4) is 0 Å². The van der Waals surface area contributed by atoms with E-state index in [4.69, 9.17) is 5.73 Å². The first kappa shape index (κ1) is 17.7. The lowest BCUT2D eigenvalue weighted by atomic mass is 9.96. The average Bonchev–Trinajstić information content (AvgIpc) is 2.96. The van der Waals surface area contributed by atoms with Crippen molar-refractivity contribution in [3.05, 3.63) is 65.9 Å². The van der Waals surface area contributed by atoms with Crippen LogP contribution in [0.1, 0.15) is 31.4 Å². The van der Waals surface area contributed by atoms with E-state index in [-0.39, 0.29) is 5.54 Å². The van der Waals surface area contributed by atoms with Crippen LogP contribution in [-0.4, -0.2) is 17.9 Å². The van der Waals surface area contributed by atoms with Crippen molar-refractivity contribution in [1.82, 2.24) is 3.97 Å². The molecule has 2 N–H and O–H groups in total. The molecule has 0 fully saturated rings. The molecule has 0 saturated heterocycles. The third-order valence-electron chi connectivity index (χ3n) is 4.36. The Hall–Kier alpha value is -2.11.